The normalized spacial score (nSPS) is 21.1. The highest BCUT2D eigenvalue weighted by molar-refractivity contribution is 5.77. The summed E-state index contributed by atoms with van der Waals surface area (Å²) in [5.41, 5.74) is 0.223. The lowest BCUT2D eigenvalue weighted by Crippen LogP contribution is -2.50. The van der Waals surface area contributed by atoms with Crippen LogP contribution in [0.25, 0.3) is 0 Å². The summed E-state index contributed by atoms with van der Waals surface area (Å²) in [6.45, 7) is 2.86. The van der Waals surface area contributed by atoms with Gasteiger partial charge in [0.2, 0.25) is 5.91 Å². The number of hydrogen-bond acceptors (Lipinski definition) is 4. The summed E-state index contributed by atoms with van der Waals surface area (Å²) in [4.78, 5) is 16.4. The van der Waals surface area contributed by atoms with Gasteiger partial charge in [-0.25, -0.2) is 0 Å². The van der Waals surface area contributed by atoms with Gasteiger partial charge in [-0.2, -0.15) is 0 Å². The number of phenolic OH excluding ortho intramolecular Hbond substituents is 1. The molecular formula is C17H24N2O3. The fourth-order valence-electron chi connectivity index (χ4n) is 3.51. The SMILES string of the molecule is O=C(CC1(O)CCCC1)N1CCN(c2cccc(O)c2)CC1. The zero-order chi connectivity index (χ0) is 15.6. The zero-order valence-corrected chi connectivity index (χ0v) is 12.9. The van der Waals surface area contributed by atoms with E-state index in [2.05, 4.69) is 4.90 Å². The number of aromatic hydroxyl groups is 1. The number of benzene rings is 1. The maximum atomic E-state index is 12.4. The zero-order valence-electron chi connectivity index (χ0n) is 12.9. The summed E-state index contributed by atoms with van der Waals surface area (Å²) in [7, 11) is 0. The number of carbonyl (C=O) groups is 1. The molecule has 1 aromatic carbocycles. The second-order valence-electron chi connectivity index (χ2n) is 6.50. The van der Waals surface area contributed by atoms with Crippen molar-refractivity contribution in [2.75, 3.05) is 31.1 Å². The number of anilines is 1. The Morgan fingerprint density at radius 3 is 2.45 bits per heavy atom. The van der Waals surface area contributed by atoms with Crippen molar-refractivity contribution in [3.63, 3.8) is 0 Å². The van der Waals surface area contributed by atoms with Gasteiger partial charge in [0.15, 0.2) is 0 Å². The fraction of sp³-hybridized carbons (Fsp3) is 0.588. The second kappa shape index (κ2) is 6.16. The van der Waals surface area contributed by atoms with E-state index in [1.807, 2.05) is 17.0 Å². The molecule has 0 bridgehead atoms. The van der Waals surface area contributed by atoms with Crippen molar-refractivity contribution in [2.24, 2.45) is 0 Å². The molecule has 0 radical (unpaired) electrons. The van der Waals surface area contributed by atoms with E-state index in [1.165, 1.54) is 0 Å². The average molecular weight is 304 g/mol. The Balaban J connectivity index is 1.54. The maximum absolute atomic E-state index is 12.4. The molecule has 1 heterocycles. The molecule has 120 valence electrons. The smallest absolute Gasteiger partial charge is 0.225 e. The highest BCUT2D eigenvalue weighted by atomic mass is 16.3. The highest BCUT2D eigenvalue weighted by Gasteiger charge is 2.35. The quantitative estimate of drug-likeness (QED) is 0.893. The molecular weight excluding hydrogens is 280 g/mol. The van der Waals surface area contributed by atoms with Gasteiger partial charge in [0.05, 0.1) is 12.0 Å². The van der Waals surface area contributed by atoms with E-state index in [0.29, 0.717) is 13.1 Å². The van der Waals surface area contributed by atoms with Crippen LogP contribution in [0.1, 0.15) is 32.1 Å². The summed E-state index contributed by atoms with van der Waals surface area (Å²) >= 11 is 0. The minimum atomic E-state index is -0.764. The number of carbonyl (C=O) groups excluding carboxylic acids is 1. The van der Waals surface area contributed by atoms with Crippen LogP contribution in [0, 0.1) is 0 Å². The van der Waals surface area contributed by atoms with Gasteiger partial charge >= 0.3 is 0 Å². The lowest BCUT2D eigenvalue weighted by atomic mass is 9.97. The molecule has 1 saturated carbocycles. The average Bonchev–Trinajstić information content (AvgIpc) is 2.93. The van der Waals surface area contributed by atoms with Crippen molar-refractivity contribution < 1.29 is 15.0 Å². The van der Waals surface area contributed by atoms with Crippen molar-refractivity contribution >= 4 is 11.6 Å². The summed E-state index contributed by atoms with van der Waals surface area (Å²) < 4.78 is 0. The van der Waals surface area contributed by atoms with Crippen LogP contribution in [0.2, 0.25) is 0 Å². The number of aliphatic hydroxyl groups is 1. The largest absolute Gasteiger partial charge is 0.508 e. The standard InChI is InChI=1S/C17H24N2O3/c20-15-5-3-4-14(12-15)18-8-10-19(11-9-18)16(21)13-17(22)6-1-2-7-17/h3-5,12,20,22H,1-2,6-11,13H2. The van der Waals surface area contributed by atoms with Crippen molar-refractivity contribution in [3.8, 4) is 5.75 Å². The van der Waals surface area contributed by atoms with Crippen LogP contribution >= 0.6 is 0 Å². The monoisotopic (exact) mass is 304 g/mol. The molecule has 0 spiro atoms. The van der Waals surface area contributed by atoms with E-state index in [0.717, 1.165) is 44.5 Å². The molecule has 1 aliphatic heterocycles. The Morgan fingerprint density at radius 1 is 1.14 bits per heavy atom. The molecule has 5 heteroatoms. The summed E-state index contributed by atoms with van der Waals surface area (Å²) in [6.07, 6.45) is 3.81. The van der Waals surface area contributed by atoms with Crippen LogP contribution in [0.3, 0.4) is 0 Å². The molecule has 0 atom stereocenters. The van der Waals surface area contributed by atoms with Crippen LogP contribution in [0.4, 0.5) is 5.69 Å². The van der Waals surface area contributed by atoms with Gasteiger partial charge in [0, 0.05) is 37.9 Å². The van der Waals surface area contributed by atoms with Gasteiger partial charge in [0.25, 0.3) is 0 Å². The third-order valence-electron chi connectivity index (χ3n) is 4.84. The number of hydrogen-bond donors (Lipinski definition) is 2. The van der Waals surface area contributed by atoms with Crippen LogP contribution in [-0.2, 0) is 4.79 Å². The lowest BCUT2D eigenvalue weighted by Gasteiger charge is -2.37. The first-order valence-corrected chi connectivity index (χ1v) is 8.10. The van der Waals surface area contributed by atoms with Crippen LogP contribution < -0.4 is 4.90 Å². The van der Waals surface area contributed by atoms with Crippen molar-refractivity contribution in [3.05, 3.63) is 24.3 Å². The van der Waals surface area contributed by atoms with Gasteiger partial charge in [-0.3, -0.25) is 4.79 Å². The molecule has 22 heavy (non-hydrogen) atoms. The molecule has 1 amide bonds. The van der Waals surface area contributed by atoms with Crippen LogP contribution in [0.5, 0.6) is 5.75 Å². The Hall–Kier alpha value is -1.75. The predicted molar refractivity (Wildman–Crippen MR) is 84.9 cm³/mol. The van der Waals surface area contributed by atoms with Gasteiger partial charge in [-0.15, -0.1) is 0 Å². The van der Waals surface area contributed by atoms with Crippen molar-refractivity contribution in [2.45, 2.75) is 37.7 Å². The Kier molecular flexibility index (Phi) is 4.25. The van der Waals surface area contributed by atoms with Crippen molar-refractivity contribution in [1.82, 2.24) is 4.90 Å². The number of phenols is 1. The van der Waals surface area contributed by atoms with E-state index in [9.17, 15) is 15.0 Å². The molecule has 2 fully saturated rings. The minimum absolute atomic E-state index is 0.0694. The maximum Gasteiger partial charge on any atom is 0.225 e. The fourth-order valence-corrected chi connectivity index (χ4v) is 3.51. The lowest BCUT2D eigenvalue weighted by molar-refractivity contribution is -0.136. The summed E-state index contributed by atoms with van der Waals surface area (Å²) in [6, 6.07) is 7.21. The number of nitrogens with zero attached hydrogens (tertiary/aromatic N) is 2. The van der Waals surface area contributed by atoms with E-state index < -0.39 is 5.60 Å². The second-order valence-corrected chi connectivity index (χ2v) is 6.50. The summed E-state index contributed by atoms with van der Waals surface area (Å²) in [5, 5.41) is 19.9. The Morgan fingerprint density at radius 2 is 1.82 bits per heavy atom. The number of rotatable bonds is 3. The van der Waals surface area contributed by atoms with E-state index >= 15 is 0 Å². The minimum Gasteiger partial charge on any atom is -0.508 e. The first-order valence-electron chi connectivity index (χ1n) is 8.10. The van der Waals surface area contributed by atoms with E-state index in [4.69, 9.17) is 0 Å². The first-order chi connectivity index (χ1) is 10.6. The van der Waals surface area contributed by atoms with Crippen LogP contribution in [0.15, 0.2) is 24.3 Å². The number of amides is 1. The molecule has 0 unspecified atom stereocenters. The first kappa shape index (κ1) is 15.2. The van der Waals surface area contributed by atoms with E-state index in [-0.39, 0.29) is 18.1 Å². The third-order valence-corrected chi connectivity index (χ3v) is 4.84. The van der Waals surface area contributed by atoms with E-state index in [1.54, 1.807) is 12.1 Å². The molecule has 1 saturated heterocycles. The predicted octanol–water partition coefficient (Wildman–Crippen LogP) is 1.74. The highest BCUT2D eigenvalue weighted by Crippen LogP contribution is 2.33. The van der Waals surface area contributed by atoms with Crippen molar-refractivity contribution in [1.29, 1.82) is 0 Å². The molecule has 1 aliphatic carbocycles. The van der Waals surface area contributed by atoms with Gasteiger partial charge in [-0.05, 0) is 25.0 Å². The molecule has 2 N–H and O–H groups in total. The molecule has 1 aromatic rings. The number of piperazine rings is 1. The molecule has 5 nitrogen and oxygen atoms in total. The van der Waals surface area contributed by atoms with Gasteiger partial charge < -0.3 is 20.0 Å². The topological polar surface area (TPSA) is 64.0 Å². The molecule has 0 aromatic heterocycles. The Labute approximate surface area is 131 Å². The summed E-state index contributed by atoms with van der Waals surface area (Å²) in [5.74, 6) is 0.333. The van der Waals surface area contributed by atoms with Gasteiger partial charge in [-0.1, -0.05) is 18.9 Å². The Bertz CT molecular complexity index is 532. The van der Waals surface area contributed by atoms with Crippen LogP contribution in [-0.4, -0.2) is 52.8 Å². The van der Waals surface area contributed by atoms with Gasteiger partial charge in [0.1, 0.15) is 5.75 Å². The molecule has 2 aliphatic rings. The third kappa shape index (κ3) is 3.35. The molecule has 3 rings (SSSR count).